The minimum Gasteiger partial charge on any atom is -0.369 e. The molecule has 0 radical (unpaired) electrons. The van der Waals surface area contributed by atoms with Crippen LogP contribution >= 0.6 is 11.3 Å². The molecule has 0 N–H and O–H groups in total. The van der Waals surface area contributed by atoms with Crippen molar-refractivity contribution in [1.29, 1.82) is 0 Å². The fourth-order valence-electron chi connectivity index (χ4n) is 2.83. The van der Waals surface area contributed by atoms with Gasteiger partial charge >= 0.3 is 0 Å². The first kappa shape index (κ1) is 18.4. The van der Waals surface area contributed by atoms with E-state index in [2.05, 4.69) is 9.84 Å². The molecule has 0 atom stereocenters. The zero-order chi connectivity index (χ0) is 18.7. The van der Waals surface area contributed by atoms with Crippen LogP contribution in [0.3, 0.4) is 0 Å². The molecule has 1 aromatic heterocycles. The molecule has 0 spiro atoms. The summed E-state index contributed by atoms with van der Waals surface area (Å²) in [4.78, 5) is 9.42. The van der Waals surface area contributed by atoms with Gasteiger partial charge in [0.25, 0.3) is 10.0 Å². The first-order valence-electron chi connectivity index (χ1n) is 8.26. The molecule has 0 amide bonds. The summed E-state index contributed by atoms with van der Waals surface area (Å²) in [5.41, 5.74) is 2.04. The molecule has 1 aromatic carbocycles. The van der Waals surface area contributed by atoms with Crippen LogP contribution in [0.25, 0.3) is 4.85 Å². The van der Waals surface area contributed by atoms with Crippen LogP contribution in [0.1, 0.15) is 18.4 Å². The molecule has 26 heavy (non-hydrogen) atoms. The highest BCUT2D eigenvalue weighted by Gasteiger charge is 2.30. The van der Waals surface area contributed by atoms with Crippen molar-refractivity contribution in [3.63, 3.8) is 0 Å². The average Bonchev–Trinajstić information content (AvgIpc) is 2.92. The van der Waals surface area contributed by atoms with E-state index in [0.717, 1.165) is 41.9 Å². The van der Waals surface area contributed by atoms with Crippen LogP contribution in [0.15, 0.2) is 39.5 Å². The van der Waals surface area contributed by atoms with Gasteiger partial charge in [-0.15, -0.1) is 11.3 Å². The fraction of sp³-hybridized carbons (Fsp3) is 0.333. The van der Waals surface area contributed by atoms with Crippen molar-refractivity contribution in [2.75, 3.05) is 24.9 Å². The highest BCUT2D eigenvalue weighted by atomic mass is 32.2. The monoisotopic (exact) mass is 388 g/mol. The molecule has 8 heteroatoms. The third kappa shape index (κ3) is 3.59. The summed E-state index contributed by atoms with van der Waals surface area (Å²) in [6.07, 6.45) is 4.20. The number of para-hydroxylation sites is 1. The summed E-state index contributed by atoms with van der Waals surface area (Å²) >= 11 is 1.04. The summed E-state index contributed by atoms with van der Waals surface area (Å²) < 4.78 is 28.2. The summed E-state index contributed by atoms with van der Waals surface area (Å²) in [7, 11) is -0.0883. The zero-order valence-corrected chi connectivity index (χ0v) is 16.3. The molecule has 0 fully saturated rings. The van der Waals surface area contributed by atoms with E-state index in [4.69, 9.17) is 6.57 Å². The maximum Gasteiger partial charge on any atom is 0.272 e. The Labute approximate surface area is 158 Å². The van der Waals surface area contributed by atoms with Gasteiger partial charge < -0.3 is 4.90 Å². The van der Waals surface area contributed by atoms with E-state index in [1.807, 2.05) is 38.4 Å². The normalized spacial score (nSPS) is 14.7. The molecule has 6 nitrogen and oxygen atoms in total. The Morgan fingerprint density at radius 2 is 2.08 bits per heavy atom. The quantitative estimate of drug-likeness (QED) is 0.451. The maximum absolute atomic E-state index is 13.3. The minimum absolute atomic E-state index is 0.158. The van der Waals surface area contributed by atoms with E-state index >= 15 is 0 Å². The Balaban J connectivity index is 2.05. The molecule has 1 aliphatic rings. The Hall–Kier alpha value is -2.37. The van der Waals surface area contributed by atoms with Crippen LogP contribution in [0.4, 0.5) is 16.4 Å². The van der Waals surface area contributed by atoms with Crippen LogP contribution in [0.5, 0.6) is 0 Å². The van der Waals surface area contributed by atoms with Gasteiger partial charge in [0, 0.05) is 20.6 Å². The van der Waals surface area contributed by atoms with E-state index in [0.29, 0.717) is 11.5 Å². The third-order valence-corrected chi connectivity index (χ3v) is 7.35. The maximum atomic E-state index is 13.3. The topological polar surface area (TPSA) is 57.3 Å². The molecule has 0 saturated carbocycles. The number of aryl methyl sites for hydroxylation is 1. The number of nitrogens with zero attached hydrogens (tertiary/aromatic N) is 4. The summed E-state index contributed by atoms with van der Waals surface area (Å²) in [5.74, 6) is 0. The molecular formula is C18H20N4O2S2. The number of anilines is 1. The van der Waals surface area contributed by atoms with Gasteiger partial charge in [0.1, 0.15) is 9.21 Å². The van der Waals surface area contributed by atoms with E-state index in [9.17, 15) is 8.42 Å². The molecule has 3 rings (SSSR count). The highest BCUT2D eigenvalue weighted by molar-refractivity contribution is 7.94. The number of hydrogen-bond donors (Lipinski definition) is 0. The molecule has 2 aromatic rings. The van der Waals surface area contributed by atoms with Gasteiger partial charge in [-0.2, -0.15) is 0 Å². The van der Waals surface area contributed by atoms with Gasteiger partial charge in [-0.3, -0.25) is 4.31 Å². The highest BCUT2D eigenvalue weighted by Crippen LogP contribution is 2.42. The smallest absolute Gasteiger partial charge is 0.272 e. The standard InChI is InChI=1S/C18H20N4O2S2/c1-19-15-12-17(25-18(15)20-13-21(2)3)26(23,24)22-11-7-6-9-14-8-4-5-10-16(14)22/h4-5,8,10,12-13H,6-7,9,11H2,2-3H3. The van der Waals surface area contributed by atoms with Gasteiger partial charge in [-0.25, -0.2) is 18.3 Å². The van der Waals surface area contributed by atoms with Crippen LogP contribution in [0.2, 0.25) is 0 Å². The third-order valence-electron chi connectivity index (χ3n) is 4.06. The molecule has 1 aliphatic heterocycles. The first-order chi connectivity index (χ1) is 12.4. The van der Waals surface area contributed by atoms with E-state index in [1.54, 1.807) is 11.2 Å². The molecule has 0 aliphatic carbocycles. The number of thiophene rings is 1. The van der Waals surface area contributed by atoms with Gasteiger partial charge in [-0.05, 0) is 37.0 Å². The Bertz CT molecular complexity index is 971. The van der Waals surface area contributed by atoms with E-state index in [-0.39, 0.29) is 9.90 Å². The number of benzene rings is 1. The average molecular weight is 389 g/mol. The van der Waals surface area contributed by atoms with Crippen molar-refractivity contribution in [2.24, 2.45) is 4.99 Å². The molecule has 0 unspecified atom stereocenters. The first-order valence-corrected chi connectivity index (χ1v) is 10.5. The SMILES string of the molecule is [C-]#[N+]c1cc(S(=O)(=O)N2CCCCc3ccccc32)sc1N=CN(C)C. The molecular weight excluding hydrogens is 368 g/mol. The van der Waals surface area contributed by atoms with Crippen molar-refractivity contribution in [2.45, 2.75) is 23.5 Å². The van der Waals surface area contributed by atoms with Gasteiger partial charge in [0.2, 0.25) is 5.69 Å². The number of rotatable bonds is 4. The molecule has 2 heterocycles. The minimum atomic E-state index is -3.73. The number of hydrogen-bond acceptors (Lipinski definition) is 4. The van der Waals surface area contributed by atoms with Crippen molar-refractivity contribution >= 4 is 44.1 Å². The molecule has 0 bridgehead atoms. The van der Waals surface area contributed by atoms with Crippen molar-refractivity contribution in [1.82, 2.24) is 4.90 Å². The number of fused-ring (bicyclic) bond motifs is 1. The lowest BCUT2D eigenvalue weighted by Gasteiger charge is -2.23. The molecule has 0 saturated heterocycles. The van der Waals surface area contributed by atoms with Crippen molar-refractivity contribution < 1.29 is 8.42 Å². The predicted octanol–water partition coefficient (Wildman–Crippen LogP) is 4.05. The van der Waals surface area contributed by atoms with E-state index < -0.39 is 10.0 Å². The summed E-state index contributed by atoms with van der Waals surface area (Å²) in [5, 5.41) is 0.412. The van der Waals surface area contributed by atoms with Gasteiger partial charge in [-0.1, -0.05) is 18.2 Å². The van der Waals surface area contributed by atoms with Crippen molar-refractivity contribution in [3.05, 3.63) is 47.3 Å². The summed E-state index contributed by atoms with van der Waals surface area (Å²) in [6, 6.07) is 9.06. The second-order valence-electron chi connectivity index (χ2n) is 6.24. The fourth-order valence-corrected chi connectivity index (χ4v) is 5.72. The van der Waals surface area contributed by atoms with Crippen LogP contribution in [-0.4, -0.2) is 40.3 Å². The lowest BCUT2D eigenvalue weighted by Crippen LogP contribution is -2.31. The Kier molecular flexibility index (Phi) is 5.30. The largest absolute Gasteiger partial charge is 0.369 e. The summed E-state index contributed by atoms with van der Waals surface area (Å²) in [6.45, 7) is 7.77. The number of sulfonamides is 1. The van der Waals surface area contributed by atoms with Crippen LogP contribution in [0, 0.1) is 6.57 Å². The van der Waals surface area contributed by atoms with Gasteiger partial charge in [0.05, 0.1) is 18.6 Å². The Morgan fingerprint density at radius 3 is 2.81 bits per heavy atom. The molecule has 136 valence electrons. The zero-order valence-electron chi connectivity index (χ0n) is 14.7. The number of aliphatic imine (C=N–C) groups is 1. The van der Waals surface area contributed by atoms with Crippen molar-refractivity contribution in [3.8, 4) is 0 Å². The second kappa shape index (κ2) is 7.48. The lowest BCUT2D eigenvalue weighted by molar-refractivity contribution is 0.591. The van der Waals surface area contributed by atoms with Gasteiger partial charge in [0.15, 0.2) is 0 Å². The Morgan fingerprint density at radius 1 is 1.31 bits per heavy atom. The predicted molar refractivity (Wildman–Crippen MR) is 106 cm³/mol. The van der Waals surface area contributed by atoms with E-state index in [1.165, 1.54) is 10.4 Å². The van der Waals surface area contributed by atoms with Crippen LogP contribution < -0.4 is 4.31 Å². The lowest BCUT2D eigenvalue weighted by atomic mass is 10.1. The second-order valence-corrected chi connectivity index (χ2v) is 9.36. The van der Waals surface area contributed by atoms with Crippen LogP contribution in [-0.2, 0) is 16.4 Å².